The van der Waals surface area contributed by atoms with Gasteiger partial charge in [-0.2, -0.15) is 0 Å². The van der Waals surface area contributed by atoms with Crippen LogP contribution in [0.1, 0.15) is 21.5 Å². The van der Waals surface area contributed by atoms with Gasteiger partial charge in [0.2, 0.25) is 0 Å². The Morgan fingerprint density at radius 1 is 1.08 bits per heavy atom. The van der Waals surface area contributed by atoms with Crippen LogP contribution in [0.4, 0.5) is 0 Å². The van der Waals surface area contributed by atoms with Crippen molar-refractivity contribution >= 4 is 12.3 Å². The molecule has 1 aliphatic rings. The minimum atomic E-state index is -0.0412. The lowest BCUT2D eigenvalue weighted by molar-refractivity contribution is 0.0827. The molecule has 1 radical (unpaired) electrons. The zero-order chi connectivity index (χ0) is 17.1. The average Bonchev–Trinajstić information content (AvgIpc) is 2.61. The van der Waals surface area contributed by atoms with Crippen molar-refractivity contribution in [3.05, 3.63) is 59.2 Å². The van der Waals surface area contributed by atoms with Gasteiger partial charge >= 0.3 is 6.41 Å². The molecule has 0 saturated heterocycles. The zero-order valence-electron chi connectivity index (χ0n) is 13.8. The van der Waals surface area contributed by atoms with Crippen LogP contribution in [-0.4, -0.2) is 42.8 Å². The lowest BCUT2D eigenvalue weighted by atomic mass is 10.00. The first-order valence-electron chi connectivity index (χ1n) is 7.81. The molecule has 0 bridgehead atoms. The minimum Gasteiger partial charge on any atom is -0.457 e. The highest BCUT2D eigenvalue weighted by Crippen LogP contribution is 2.27. The Morgan fingerprint density at radius 2 is 1.79 bits per heavy atom. The second kappa shape index (κ2) is 6.74. The van der Waals surface area contributed by atoms with Gasteiger partial charge in [0.15, 0.2) is 0 Å². The quantitative estimate of drug-likeness (QED) is 0.869. The van der Waals surface area contributed by atoms with Crippen LogP contribution in [0.5, 0.6) is 11.5 Å². The lowest BCUT2D eigenvalue weighted by Crippen LogP contribution is -2.28. The number of nitrogens with zero attached hydrogens (tertiary/aromatic N) is 2. The molecule has 2 aromatic rings. The van der Waals surface area contributed by atoms with Gasteiger partial charge in [0.1, 0.15) is 11.5 Å². The van der Waals surface area contributed by atoms with E-state index in [1.165, 1.54) is 10.5 Å². The van der Waals surface area contributed by atoms with Crippen LogP contribution in [0.15, 0.2) is 42.5 Å². The highest BCUT2D eigenvalue weighted by Gasteiger charge is 2.16. The van der Waals surface area contributed by atoms with Gasteiger partial charge in [-0.05, 0) is 53.9 Å². The fraction of sp³-hybridized carbons (Fsp3) is 0.263. The molecule has 5 nitrogen and oxygen atoms in total. The zero-order valence-corrected chi connectivity index (χ0v) is 13.8. The topological polar surface area (TPSA) is 49.9 Å². The Labute approximate surface area is 141 Å². The molecule has 5 heteroatoms. The van der Waals surface area contributed by atoms with E-state index >= 15 is 0 Å². The van der Waals surface area contributed by atoms with E-state index in [0.29, 0.717) is 30.2 Å². The van der Waals surface area contributed by atoms with Crippen molar-refractivity contribution in [2.75, 3.05) is 20.6 Å². The SMILES string of the molecule is CN(C)C(=O)c1ccc(Oc2ccc3c(c2)CN([C]=O)CC3)cc1. The second-order valence-corrected chi connectivity index (χ2v) is 6.02. The second-order valence-electron chi connectivity index (χ2n) is 6.02. The van der Waals surface area contributed by atoms with E-state index in [1.54, 1.807) is 43.3 Å². The third-order valence-electron chi connectivity index (χ3n) is 4.06. The molecule has 0 aliphatic carbocycles. The molecule has 3 rings (SSSR count). The molecule has 1 aliphatic heterocycles. The van der Waals surface area contributed by atoms with Crippen molar-refractivity contribution in [3.8, 4) is 11.5 Å². The number of carbonyl (C=O) groups is 1. The van der Waals surface area contributed by atoms with Crippen LogP contribution < -0.4 is 4.74 Å². The average molecular weight is 323 g/mol. The summed E-state index contributed by atoms with van der Waals surface area (Å²) in [5, 5.41) is 0. The van der Waals surface area contributed by atoms with E-state index in [4.69, 9.17) is 4.74 Å². The summed E-state index contributed by atoms with van der Waals surface area (Å²) in [5.74, 6) is 1.34. The first-order chi connectivity index (χ1) is 11.6. The van der Waals surface area contributed by atoms with Crippen LogP contribution in [0.3, 0.4) is 0 Å². The van der Waals surface area contributed by atoms with Crippen molar-refractivity contribution in [1.82, 2.24) is 9.80 Å². The standard InChI is InChI=1S/C19H19N2O3/c1-20(2)19(23)15-4-6-17(7-5-15)24-18-8-3-14-9-10-21(13-22)12-16(14)11-18/h3-8,11H,9-10,12H2,1-2H3. The van der Waals surface area contributed by atoms with E-state index in [9.17, 15) is 9.59 Å². The maximum absolute atomic E-state index is 11.9. The van der Waals surface area contributed by atoms with Gasteiger partial charge in [-0.25, -0.2) is 0 Å². The summed E-state index contributed by atoms with van der Waals surface area (Å²) in [5.41, 5.74) is 2.94. The first-order valence-corrected chi connectivity index (χ1v) is 7.81. The number of benzene rings is 2. The van der Waals surface area contributed by atoms with E-state index < -0.39 is 0 Å². The molecule has 0 aromatic heterocycles. The van der Waals surface area contributed by atoms with E-state index in [1.807, 2.05) is 24.6 Å². The number of ether oxygens (including phenoxy) is 1. The Morgan fingerprint density at radius 3 is 2.46 bits per heavy atom. The van der Waals surface area contributed by atoms with Crippen LogP contribution >= 0.6 is 0 Å². The lowest BCUT2D eigenvalue weighted by Gasteiger charge is -2.24. The van der Waals surface area contributed by atoms with Gasteiger partial charge in [-0.1, -0.05) is 6.07 Å². The van der Waals surface area contributed by atoms with E-state index in [2.05, 4.69) is 0 Å². The summed E-state index contributed by atoms with van der Waals surface area (Å²) < 4.78 is 5.87. The largest absolute Gasteiger partial charge is 0.457 e. The Hall–Kier alpha value is -2.82. The van der Waals surface area contributed by atoms with E-state index in [-0.39, 0.29) is 5.91 Å². The predicted octanol–water partition coefficient (Wildman–Crippen LogP) is 2.61. The number of amides is 2. The number of rotatable bonds is 4. The number of carbonyl (C=O) groups excluding carboxylic acids is 2. The summed E-state index contributed by atoms with van der Waals surface area (Å²) in [7, 11) is 3.44. The maximum atomic E-state index is 11.9. The summed E-state index contributed by atoms with van der Waals surface area (Å²) >= 11 is 0. The predicted molar refractivity (Wildman–Crippen MR) is 90.8 cm³/mol. The number of fused-ring (bicyclic) bond motifs is 1. The molecule has 2 aromatic carbocycles. The van der Waals surface area contributed by atoms with Gasteiger partial charge in [-0.3, -0.25) is 9.59 Å². The molecular formula is C19H19N2O3. The Kier molecular flexibility index (Phi) is 4.51. The molecule has 0 N–H and O–H groups in total. The Bertz CT molecular complexity index is 754. The van der Waals surface area contributed by atoms with Crippen molar-refractivity contribution in [2.24, 2.45) is 0 Å². The van der Waals surface area contributed by atoms with Crippen LogP contribution in [0.2, 0.25) is 0 Å². The summed E-state index contributed by atoms with van der Waals surface area (Å²) in [6, 6.07) is 13.0. The fourth-order valence-electron chi connectivity index (χ4n) is 2.73. The molecule has 123 valence electrons. The molecule has 0 spiro atoms. The summed E-state index contributed by atoms with van der Waals surface area (Å²) in [4.78, 5) is 25.9. The molecule has 2 amide bonds. The normalized spacial score (nSPS) is 13.2. The van der Waals surface area contributed by atoms with Gasteiger partial charge in [0, 0.05) is 32.7 Å². The third-order valence-corrected chi connectivity index (χ3v) is 4.06. The molecule has 0 unspecified atom stereocenters. The van der Waals surface area contributed by atoms with Crippen molar-refractivity contribution in [2.45, 2.75) is 13.0 Å². The van der Waals surface area contributed by atoms with Crippen LogP contribution in [0, 0.1) is 0 Å². The molecular weight excluding hydrogens is 304 g/mol. The maximum Gasteiger partial charge on any atom is 0.312 e. The van der Waals surface area contributed by atoms with Crippen molar-refractivity contribution in [1.29, 1.82) is 0 Å². The fourth-order valence-corrected chi connectivity index (χ4v) is 2.73. The monoisotopic (exact) mass is 323 g/mol. The minimum absolute atomic E-state index is 0.0412. The van der Waals surface area contributed by atoms with Gasteiger partial charge < -0.3 is 14.5 Å². The summed E-state index contributed by atoms with van der Waals surface area (Å²) in [6.07, 6.45) is 2.79. The molecule has 0 saturated carbocycles. The first kappa shape index (κ1) is 16.1. The van der Waals surface area contributed by atoms with Crippen molar-refractivity contribution < 1.29 is 14.3 Å². The van der Waals surface area contributed by atoms with Gasteiger partial charge in [0.25, 0.3) is 5.91 Å². The molecule has 0 fully saturated rings. The smallest absolute Gasteiger partial charge is 0.312 e. The van der Waals surface area contributed by atoms with E-state index in [0.717, 1.165) is 12.0 Å². The van der Waals surface area contributed by atoms with Crippen LogP contribution in [-0.2, 0) is 17.8 Å². The van der Waals surface area contributed by atoms with Crippen molar-refractivity contribution in [3.63, 3.8) is 0 Å². The van der Waals surface area contributed by atoms with Gasteiger partial charge in [0.05, 0.1) is 0 Å². The third kappa shape index (κ3) is 3.40. The number of hydrogen-bond acceptors (Lipinski definition) is 3. The van der Waals surface area contributed by atoms with Gasteiger partial charge in [-0.15, -0.1) is 0 Å². The molecule has 1 heterocycles. The molecule has 0 atom stereocenters. The Balaban J connectivity index is 1.74. The highest BCUT2D eigenvalue weighted by molar-refractivity contribution is 5.93. The van der Waals surface area contributed by atoms with Crippen LogP contribution in [0.25, 0.3) is 0 Å². The number of hydrogen-bond donors (Lipinski definition) is 0. The highest BCUT2D eigenvalue weighted by atomic mass is 16.5. The molecule has 24 heavy (non-hydrogen) atoms. The summed E-state index contributed by atoms with van der Waals surface area (Å²) in [6.45, 7) is 1.27.